The van der Waals surface area contributed by atoms with Crippen LogP contribution in [0.5, 0.6) is 0 Å². The summed E-state index contributed by atoms with van der Waals surface area (Å²) in [6, 6.07) is 4.89. The summed E-state index contributed by atoms with van der Waals surface area (Å²) in [5.74, 6) is -0.306. The number of rotatable bonds is 6. The maximum atomic E-state index is 12.3. The van der Waals surface area contributed by atoms with Crippen molar-refractivity contribution in [2.24, 2.45) is 5.73 Å². The molecule has 6 heteroatoms. The predicted octanol–water partition coefficient (Wildman–Crippen LogP) is 0.195. The van der Waals surface area contributed by atoms with E-state index in [1.165, 1.54) is 4.90 Å². The zero-order chi connectivity index (χ0) is 15.4. The third-order valence-electron chi connectivity index (χ3n) is 3.74. The van der Waals surface area contributed by atoms with E-state index in [9.17, 15) is 14.4 Å². The highest BCUT2D eigenvalue weighted by Gasteiger charge is 2.32. The van der Waals surface area contributed by atoms with Crippen LogP contribution in [-0.2, 0) is 22.7 Å². The average molecular weight is 289 g/mol. The number of carbonyl (C=O) groups is 3. The van der Waals surface area contributed by atoms with Gasteiger partial charge in [-0.1, -0.05) is 12.1 Å². The lowest BCUT2D eigenvalue weighted by atomic mass is 10.1. The minimum absolute atomic E-state index is 0.142. The van der Waals surface area contributed by atoms with Gasteiger partial charge in [-0.15, -0.1) is 0 Å². The highest BCUT2D eigenvalue weighted by atomic mass is 16.2. The van der Waals surface area contributed by atoms with Gasteiger partial charge in [0.1, 0.15) is 6.29 Å². The molecule has 0 fully saturated rings. The zero-order valence-corrected chi connectivity index (χ0v) is 12.0. The van der Waals surface area contributed by atoms with Gasteiger partial charge >= 0.3 is 0 Å². The maximum absolute atomic E-state index is 12.3. The lowest BCUT2D eigenvalue weighted by Crippen LogP contribution is -2.37. The van der Waals surface area contributed by atoms with Crippen molar-refractivity contribution in [2.45, 2.75) is 32.0 Å². The molecule has 2 amide bonds. The van der Waals surface area contributed by atoms with E-state index in [4.69, 9.17) is 5.73 Å². The number of nitrogens with zero attached hydrogens (tertiary/aromatic N) is 1. The van der Waals surface area contributed by atoms with Crippen molar-refractivity contribution in [3.05, 3.63) is 34.9 Å². The Morgan fingerprint density at radius 1 is 1.52 bits per heavy atom. The molecule has 1 unspecified atom stereocenters. The number of amides is 2. The molecule has 0 aliphatic carbocycles. The van der Waals surface area contributed by atoms with Crippen molar-refractivity contribution in [1.29, 1.82) is 0 Å². The lowest BCUT2D eigenvalue weighted by molar-refractivity contribution is -0.121. The van der Waals surface area contributed by atoms with Crippen molar-refractivity contribution < 1.29 is 14.4 Å². The topological polar surface area (TPSA) is 92.5 Å². The first-order valence-corrected chi connectivity index (χ1v) is 6.89. The third-order valence-corrected chi connectivity index (χ3v) is 3.74. The zero-order valence-electron chi connectivity index (χ0n) is 12.0. The molecular formula is C15H19N3O3. The van der Waals surface area contributed by atoms with Crippen molar-refractivity contribution in [3.8, 4) is 0 Å². The Hall–Kier alpha value is -2.21. The summed E-state index contributed by atoms with van der Waals surface area (Å²) in [6.07, 6.45) is 1.28. The van der Waals surface area contributed by atoms with E-state index in [1.54, 1.807) is 13.1 Å². The van der Waals surface area contributed by atoms with E-state index in [-0.39, 0.29) is 18.2 Å². The molecule has 0 saturated carbocycles. The Labute approximate surface area is 123 Å². The number of hydrogen-bond acceptors (Lipinski definition) is 4. The van der Waals surface area contributed by atoms with Gasteiger partial charge in [-0.2, -0.15) is 0 Å². The largest absolute Gasteiger partial charge is 0.359 e. The summed E-state index contributed by atoms with van der Waals surface area (Å²) in [5.41, 5.74) is 8.05. The molecule has 0 spiro atoms. The summed E-state index contributed by atoms with van der Waals surface area (Å²) in [5, 5.41) is 2.51. The average Bonchev–Trinajstić information content (AvgIpc) is 2.84. The van der Waals surface area contributed by atoms with Crippen LogP contribution in [0.15, 0.2) is 18.2 Å². The second-order valence-electron chi connectivity index (χ2n) is 5.04. The summed E-state index contributed by atoms with van der Waals surface area (Å²) >= 11 is 0. The van der Waals surface area contributed by atoms with Gasteiger partial charge < -0.3 is 20.7 Å². The molecule has 3 N–H and O–H groups in total. The normalized spacial score (nSPS) is 14.8. The molecule has 1 aromatic carbocycles. The fourth-order valence-corrected chi connectivity index (χ4v) is 2.49. The molecule has 1 atom stereocenters. The van der Waals surface area contributed by atoms with Crippen LogP contribution in [0.1, 0.15) is 34.3 Å². The Balaban J connectivity index is 2.13. The molecule has 6 nitrogen and oxygen atoms in total. The molecule has 112 valence electrons. The number of aldehydes is 1. The minimum atomic E-state index is -0.580. The Bertz CT molecular complexity index is 571. The predicted molar refractivity (Wildman–Crippen MR) is 77.4 cm³/mol. The standard InChI is InChI=1S/C15H19N3O3/c1-17-14(20)5-3-12(9-19)18-8-11-6-10(7-16)2-4-13(11)15(18)21/h2,4,6,9,12H,3,5,7-8,16H2,1H3,(H,17,20). The van der Waals surface area contributed by atoms with Crippen LogP contribution >= 0.6 is 0 Å². The SMILES string of the molecule is CNC(=O)CCC(C=O)N1Cc2cc(CN)ccc2C1=O. The summed E-state index contributed by atoms with van der Waals surface area (Å²) in [6.45, 7) is 0.800. The van der Waals surface area contributed by atoms with Gasteiger partial charge in [-0.05, 0) is 23.6 Å². The fraction of sp³-hybridized carbons (Fsp3) is 0.400. The van der Waals surface area contributed by atoms with Crippen LogP contribution in [0.4, 0.5) is 0 Å². The van der Waals surface area contributed by atoms with Crippen molar-refractivity contribution in [1.82, 2.24) is 10.2 Å². The van der Waals surface area contributed by atoms with Gasteiger partial charge in [0.15, 0.2) is 0 Å². The van der Waals surface area contributed by atoms with Crippen molar-refractivity contribution >= 4 is 18.1 Å². The molecule has 0 aromatic heterocycles. The monoisotopic (exact) mass is 289 g/mol. The van der Waals surface area contributed by atoms with Gasteiger partial charge in [0.2, 0.25) is 5.91 Å². The molecule has 1 heterocycles. The summed E-state index contributed by atoms with van der Waals surface area (Å²) in [7, 11) is 1.55. The second kappa shape index (κ2) is 6.49. The first-order valence-electron chi connectivity index (χ1n) is 6.89. The van der Waals surface area contributed by atoms with E-state index in [0.717, 1.165) is 17.4 Å². The smallest absolute Gasteiger partial charge is 0.255 e. The van der Waals surface area contributed by atoms with Crippen LogP contribution < -0.4 is 11.1 Å². The molecule has 0 bridgehead atoms. The molecule has 1 aliphatic rings. The van der Waals surface area contributed by atoms with Gasteiger partial charge in [-0.3, -0.25) is 9.59 Å². The van der Waals surface area contributed by atoms with Crippen LogP contribution in [0, 0.1) is 0 Å². The highest BCUT2D eigenvalue weighted by molar-refractivity contribution is 5.99. The van der Waals surface area contributed by atoms with Gasteiger partial charge in [0, 0.05) is 32.1 Å². The molecule has 1 aliphatic heterocycles. The maximum Gasteiger partial charge on any atom is 0.255 e. The van der Waals surface area contributed by atoms with Crippen LogP contribution in [0.3, 0.4) is 0 Å². The van der Waals surface area contributed by atoms with E-state index >= 15 is 0 Å². The van der Waals surface area contributed by atoms with Crippen LogP contribution in [0.25, 0.3) is 0 Å². The number of nitrogens with one attached hydrogen (secondary N) is 1. The lowest BCUT2D eigenvalue weighted by Gasteiger charge is -2.22. The molecule has 21 heavy (non-hydrogen) atoms. The summed E-state index contributed by atoms with van der Waals surface area (Å²) < 4.78 is 0. The molecule has 2 rings (SSSR count). The van der Waals surface area contributed by atoms with E-state index < -0.39 is 6.04 Å². The molecular weight excluding hydrogens is 270 g/mol. The second-order valence-corrected chi connectivity index (χ2v) is 5.04. The van der Waals surface area contributed by atoms with Crippen LogP contribution in [-0.4, -0.2) is 36.1 Å². The van der Waals surface area contributed by atoms with Gasteiger partial charge in [0.25, 0.3) is 5.91 Å². The first kappa shape index (κ1) is 15.2. The van der Waals surface area contributed by atoms with Crippen molar-refractivity contribution in [3.63, 3.8) is 0 Å². The fourth-order valence-electron chi connectivity index (χ4n) is 2.49. The quantitative estimate of drug-likeness (QED) is 0.731. The number of carbonyl (C=O) groups excluding carboxylic acids is 3. The Kier molecular flexibility index (Phi) is 4.70. The number of fused-ring (bicyclic) bond motifs is 1. The highest BCUT2D eigenvalue weighted by Crippen LogP contribution is 2.26. The number of hydrogen-bond donors (Lipinski definition) is 2. The first-order chi connectivity index (χ1) is 10.1. The van der Waals surface area contributed by atoms with E-state index in [0.29, 0.717) is 25.1 Å². The van der Waals surface area contributed by atoms with E-state index in [1.807, 2.05) is 12.1 Å². The van der Waals surface area contributed by atoms with E-state index in [2.05, 4.69) is 5.32 Å². The molecule has 1 aromatic rings. The molecule has 0 saturated heterocycles. The number of nitrogens with two attached hydrogens (primary N) is 1. The van der Waals surface area contributed by atoms with Crippen molar-refractivity contribution in [2.75, 3.05) is 7.05 Å². The summed E-state index contributed by atoms with van der Waals surface area (Å²) in [4.78, 5) is 36.4. The molecule has 0 radical (unpaired) electrons. The minimum Gasteiger partial charge on any atom is -0.359 e. The van der Waals surface area contributed by atoms with Crippen LogP contribution in [0.2, 0.25) is 0 Å². The van der Waals surface area contributed by atoms with Gasteiger partial charge in [0.05, 0.1) is 6.04 Å². The third kappa shape index (κ3) is 3.11. The Morgan fingerprint density at radius 2 is 2.29 bits per heavy atom. The Morgan fingerprint density at radius 3 is 2.90 bits per heavy atom. The van der Waals surface area contributed by atoms with Gasteiger partial charge in [-0.25, -0.2) is 0 Å². The number of benzene rings is 1.